The smallest absolute Gasteiger partial charge is 0.253 e. The number of piperidine rings is 3. The van der Waals surface area contributed by atoms with Gasteiger partial charge in [0.25, 0.3) is 5.91 Å². The lowest BCUT2D eigenvalue weighted by atomic mass is 9.74. The molecule has 1 amide bonds. The van der Waals surface area contributed by atoms with E-state index in [0.717, 1.165) is 38.0 Å². The van der Waals surface area contributed by atoms with Crippen LogP contribution < -0.4 is 5.73 Å². The molecule has 0 aromatic heterocycles. The van der Waals surface area contributed by atoms with Gasteiger partial charge in [0, 0.05) is 37.3 Å². The van der Waals surface area contributed by atoms with E-state index in [0.29, 0.717) is 30.5 Å². The van der Waals surface area contributed by atoms with Crippen LogP contribution in [0.25, 0.3) is 0 Å². The Hall–Kier alpha value is -2.17. The molecule has 3 aliphatic rings. The monoisotopic (exact) mass is 417 g/mol. The fourth-order valence-corrected chi connectivity index (χ4v) is 6.35. The largest absolute Gasteiger partial charge is 0.338 e. The standard InChI is InChI=1S/C27H35N3O/c28-14-13-20-9-11-23(12-10-20)27(31)29-17-22-15-24(19-29)26-8-4-7-25(30(26)18-22)16-21-5-2-1-3-6-21/h1-3,5-6,9-12,22,24-26H,4,7-8,13-19,28H2/t22-,24+,25+,26-/m0/s1. The molecule has 2 aromatic rings. The molecule has 164 valence electrons. The van der Waals surface area contributed by atoms with Crippen LogP contribution in [0.4, 0.5) is 0 Å². The molecule has 4 heteroatoms. The zero-order valence-corrected chi connectivity index (χ0v) is 18.5. The number of fused-ring (bicyclic) bond motifs is 4. The van der Waals surface area contributed by atoms with Crippen LogP contribution in [-0.2, 0) is 12.8 Å². The lowest BCUT2D eigenvalue weighted by Gasteiger charge is -2.55. The van der Waals surface area contributed by atoms with Crippen LogP contribution in [0, 0.1) is 11.8 Å². The Morgan fingerprint density at radius 1 is 0.935 bits per heavy atom. The van der Waals surface area contributed by atoms with Gasteiger partial charge < -0.3 is 10.6 Å². The quantitative estimate of drug-likeness (QED) is 0.806. The van der Waals surface area contributed by atoms with Gasteiger partial charge in [0.1, 0.15) is 0 Å². The lowest BCUT2D eigenvalue weighted by molar-refractivity contribution is -0.0498. The Labute approximate surface area is 186 Å². The van der Waals surface area contributed by atoms with Crippen LogP contribution in [0.2, 0.25) is 0 Å². The predicted octanol–water partition coefficient (Wildman–Crippen LogP) is 3.75. The average molecular weight is 418 g/mol. The first-order valence-corrected chi connectivity index (χ1v) is 12.1. The van der Waals surface area contributed by atoms with Crippen molar-refractivity contribution in [2.24, 2.45) is 17.6 Å². The number of nitrogens with zero attached hydrogens (tertiary/aromatic N) is 2. The number of nitrogens with two attached hydrogens (primary N) is 1. The molecular weight excluding hydrogens is 382 g/mol. The third-order valence-corrected chi connectivity index (χ3v) is 7.75. The Kier molecular flexibility index (Phi) is 6.10. The van der Waals surface area contributed by atoms with Crippen molar-refractivity contribution < 1.29 is 4.79 Å². The highest BCUT2D eigenvalue weighted by molar-refractivity contribution is 5.94. The summed E-state index contributed by atoms with van der Waals surface area (Å²) in [5.41, 5.74) is 9.14. The van der Waals surface area contributed by atoms with Crippen LogP contribution >= 0.6 is 0 Å². The summed E-state index contributed by atoms with van der Waals surface area (Å²) in [6, 6.07) is 20.4. The molecule has 3 saturated heterocycles. The Morgan fingerprint density at radius 2 is 1.74 bits per heavy atom. The van der Waals surface area contributed by atoms with Gasteiger partial charge >= 0.3 is 0 Å². The summed E-state index contributed by atoms with van der Waals surface area (Å²) in [4.78, 5) is 18.2. The van der Waals surface area contributed by atoms with Gasteiger partial charge in [0.05, 0.1) is 0 Å². The van der Waals surface area contributed by atoms with E-state index >= 15 is 0 Å². The highest BCUT2D eigenvalue weighted by atomic mass is 16.2. The molecule has 0 saturated carbocycles. The minimum atomic E-state index is 0.207. The number of carbonyl (C=O) groups is 1. The van der Waals surface area contributed by atoms with Crippen molar-refractivity contribution >= 4 is 5.91 Å². The zero-order valence-electron chi connectivity index (χ0n) is 18.5. The Bertz CT molecular complexity index is 881. The lowest BCUT2D eigenvalue weighted by Crippen LogP contribution is -2.62. The van der Waals surface area contributed by atoms with Crippen LogP contribution in [0.1, 0.15) is 47.2 Å². The molecule has 2 aromatic carbocycles. The van der Waals surface area contributed by atoms with E-state index in [1.54, 1.807) is 0 Å². The van der Waals surface area contributed by atoms with Gasteiger partial charge in [0.2, 0.25) is 0 Å². The van der Waals surface area contributed by atoms with Gasteiger partial charge in [-0.3, -0.25) is 9.69 Å². The summed E-state index contributed by atoms with van der Waals surface area (Å²) in [6.45, 7) is 3.62. The van der Waals surface area contributed by atoms with Gasteiger partial charge in [-0.25, -0.2) is 0 Å². The summed E-state index contributed by atoms with van der Waals surface area (Å²) in [5, 5.41) is 0. The molecule has 2 N–H and O–H groups in total. The van der Waals surface area contributed by atoms with Crippen LogP contribution in [0.5, 0.6) is 0 Å². The highest BCUT2D eigenvalue weighted by Crippen LogP contribution is 2.40. The van der Waals surface area contributed by atoms with Crippen molar-refractivity contribution in [2.45, 2.75) is 50.6 Å². The fraction of sp³-hybridized carbons (Fsp3) is 0.519. The van der Waals surface area contributed by atoms with Crippen molar-refractivity contribution in [1.29, 1.82) is 0 Å². The summed E-state index contributed by atoms with van der Waals surface area (Å²) in [7, 11) is 0. The van der Waals surface area contributed by atoms with E-state index in [-0.39, 0.29) is 5.91 Å². The first-order valence-electron chi connectivity index (χ1n) is 12.1. The molecule has 31 heavy (non-hydrogen) atoms. The maximum atomic E-state index is 13.3. The van der Waals surface area contributed by atoms with E-state index in [4.69, 9.17) is 5.73 Å². The maximum absolute atomic E-state index is 13.3. The van der Waals surface area contributed by atoms with Crippen LogP contribution in [0.3, 0.4) is 0 Å². The predicted molar refractivity (Wildman–Crippen MR) is 125 cm³/mol. The van der Waals surface area contributed by atoms with Crippen molar-refractivity contribution in [3.63, 3.8) is 0 Å². The van der Waals surface area contributed by atoms with Gasteiger partial charge in [-0.1, -0.05) is 48.9 Å². The Morgan fingerprint density at radius 3 is 2.52 bits per heavy atom. The topological polar surface area (TPSA) is 49.6 Å². The van der Waals surface area contributed by atoms with Crippen molar-refractivity contribution in [3.8, 4) is 0 Å². The second kappa shape index (κ2) is 9.13. The number of rotatable bonds is 5. The third kappa shape index (κ3) is 4.42. The second-order valence-electron chi connectivity index (χ2n) is 9.85. The van der Waals surface area contributed by atoms with E-state index in [1.807, 2.05) is 12.1 Å². The Balaban J connectivity index is 1.27. The summed E-state index contributed by atoms with van der Waals surface area (Å²) < 4.78 is 0. The minimum Gasteiger partial charge on any atom is -0.338 e. The minimum absolute atomic E-state index is 0.207. The average Bonchev–Trinajstić information content (AvgIpc) is 2.80. The second-order valence-corrected chi connectivity index (χ2v) is 9.85. The van der Waals surface area contributed by atoms with Gasteiger partial charge in [0.15, 0.2) is 0 Å². The number of benzene rings is 2. The number of hydrogen-bond acceptors (Lipinski definition) is 3. The molecular formula is C27H35N3O. The number of amides is 1. The summed E-state index contributed by atoms with van der Waals surface area (Å²) in [6.07, 6.45) is 7.23. The number of likely N-dealkylation sites (tertiary alicyclic amines) is 1. The molecule has 0 unspecified atom stereocenters. The highest BCUT2D eigenvalue weighted by Gasteiger charge is 2.45. The molecule has 4 nitrogen and oxygen atoms in total. The molecule has 2 bridgehead atoms. The van der Waals surface area contributed by atoms with E-state index in [2.05, 4.69) is 52.3 Å². The molecule has 3 aliphatic heterocycles. The first kappa shape index (κ1) is 20.7. The molecule has 0 radical (unpaired) electrons. The van der Waals surface area contributed by atoms with E-state index < -0.39 is 0 Å². The molecule has 5 rings (SSSR count). The molecule has 0 aliphatic carbocycles. The van der Waals surface area contributed by atoms with E-state index in [1.165, 1.54) is 36.8 Å². The van der Waals surface area contributed by atoms with Crippen LogP contribution in [0.15, 0.2) is 54.6 Å². The molecule has 4 atom stereocenters. The SMILES string of the molecule is NCCc1ccc(C(=O)N2C[C@@H]3C[C@H](C2)[C@@H]2CCC[C@H](Cc4ccccc4)N2C3)cc1. The summed E-state index contributed by atoms with van der Waals surface area (Å²) in [5.74, 6) is 1.43. The van der Waals surface area contributed by atoms with Gasteiger partial charge in [-0.05, 0) is 73.7 Å². The van der Waals surface area contributed by atoms with Gasteiger partial charge in [-0.2, -0.15) is 0 Å². The molecule has 0 spiro atoms. The van der Waals surface area contributed by atoms with Crippen LogP contribution in [-0.4, -0.2) is 54.0 Å². The van der Waals surface area contributed by atoms with Crippen molar-refractivity contribution in [3.05, 3.63) is 71.3 Å². The van der Waals surface area contributed by atoms with E-state index in [9.17, 15) is 4.79 Å². The maximum Gasteiger partial charge on any atom is 0.253 e. The van der Waals surface area contributed by atoms with Crippen molar-refractivity contribution in [2.75, 3.05) is 26.2 Å². The molecule has 3 heterocycles. The fourth-order valence-electron chi connectivity index (χ4n) is 6.35. The summed E-state index contributed by atoms with van der Waals surface area (Å²) >= 11 is 0. The first-order chi connectivity index (χ1) is 15.2. The zero-order chi connectivity index (χ0) is 21.2. The number of carbonyl (C=O) groups excluding carboxylic acids is 1. The third-order valence-electron chi connectivity index (χ3n) is 7.75. The molecule has 3 fully saturated rings. The number of hydrogen-bond donors (Lipinski definition) is 1. The van der Waals surface area contributed by atoms with Gasteiger partial charge in [-0.15, -0.1) is 0 Å². The van der Waals surface area contributed by atoms with Crippen molar-refractivity contribution in [1.82, 2.24) is 9.80 Å². The normalized spacial score (nSPS) is 28.2.